The largest absolute Gasteiger partial charge is 0.493 e. The van der Waals surface area contributed by atoms with Gasteiger partial charge in [0.2, 0.25) is 5.91 Å². The fourth-order valence-corrected chi connectivity index (χ4v) is 4.69. The minimum atomic E-state index is -0.650. The van der Waals surface area contributed by atoms with Crippen LogP contribution in [0.2, 0.25) is 0 Å². The minimum Gasteiger partial charge on any atom is -0.493 e. The van der Waals surface area contributed by atoms with Crippen LogP contribution in [-0.2, 0) is 4.79 Å². The second-order valence-electron chi connectivity index (χ2n) is 6.85. The van der Waals surface area contributed by atoms with E-state index in [-0.39, 0.29) is 11.8 Å². The third-order valence-electron chi connectivity index (χ3n) is 5.21. The molecule has 0 radical (unpaired) electrons. The van der Waals surface area contributed by atoms with Gasteiger partial charge in [0, 0.05) is 23.7 Å². The van der Waals surface area contributed by atoms with Gasteiger partial charge in [0.1, 0.15) is 5.82 Å². The Balaban J connectivity index is 1.87. The van der Waals surface area contributed by atoms with Gasteiger partial charge >= 0.3 is 0 Å². The predicted molar refractivity (Wildman–Crippen MR) is 114 cm³/mol. The summed E-state index contributed by atoms with van der Waals surface area (Å²) < 4.78 is 10.8. The lowest BCUT2D eigenvalue weighted by atomic mass is 9.81. The van der Waals surface area contributed by atoms with Crippen LogP contribution in [0.25, 0.3) is 0 Å². The van der Waals surface area contributed by atoms with Crippen LogP contribution in [-0.4, -0.2) is 43.0 Å². The van der Waals surface area contributed by atoms with Crippen molar-refractivity contribution >= 4 is 29.0 Å². The normalized spacial score (nSPS) is 18.0. The number of ether oxygens (including phenoxy) is 2. The van der Waals surface area contributed by atoms with Gasteiger partial charge in [-0.3, -0.25) is 9.59 Å². The molecule has 0 spiro atoms. The van der Waals surface area contributed by atoms with Crippen molar-refractivity contribution in [3.63, 3.8) is 0 Å². The molecule has 2 atom stereocenters. The van der Waals surface area contributed by atoms with Gasteiger partial charge in [-0.05, 0) is 41.3 Å². The summed E-state index contributed by atoms with van der Waals surface area (Å²) >= 11 is 1.51. The van der Waals surface area contributed by atoms with Crippen molar-refractivity contribution < 1.29 is 19.1 Å². The number of anilines is 1. The van der Waals surface area contributed by atoms with Crippen molar-refractivity contribution in [2.24, 2.45) is 0 Å². The zero-order chi connectivity index (χ0) is 21.3. The third kappa shape index (κ3) is 3.39. The summed E-state index contributed by atoms with van der Waals surface area (Å²) in [5.74, 6) is 0.286. The number of likely N-dealkylation sites (N-methyl/N-ethyl adjacent to an activating group) is 1. The smallest absolute Gasteiger partial charge is 0.254 e. The molecule has 2 unspecified atom stereocenters. The monoisotopic (exact) mass is 423 g/mol. The number of rotatable bonds is 5. The molecule has 8 heteroatoms. The number of aromatic nitrogens is 1. The number of thiophene rings is 1. The quantitative estimate of drug-likeness (QED) is 0.677. The van der Waals surface area contributed by atoms with E-state index in [0.717, 1.165) is 4.88 Å². The van der Waals surface area contributed by atoms with Crippen molar-refractivity contribution in [2.75, 3.05) is 26.6 Å². The summed E-state index contributed by atoms with van der Waals surface area (Å²) in [7, 11) is 4.76. The standard InChI is InChI=1S/C22H21N3O4S/c1-25-20(17-7-6-10-30-17)19(21(26)24-18-8-4-5-9-23-18)13-11-15(28-2)16(29-3)12-14(13)22(25)27/h4-12,19-20H,1-3H3,(H,23,24,26). The highest BCUT2D eigenvalue weighted by atomic mass is 32.1. The fraction of sp³-hybridized carbons (Fsp3) is 0.227. The van der Waals surface area contributed by atoms with Crippen LogP contribution in [0, 0.1) is 0 Å². The second kappa shape index (κ2) is 8.16. The van der Waals surface area contributed by atoms with E-state index in [9.17, 15) is 9.59 Å². The molecule has 1 aliphatic heterocycles. The lowest BCUT2D eigenvalue weighted by molar-refractivity contribution is -0.119. The number of nitrogens with one attached hydrogen (secondary N) is 1. The molecule has 0 saturated heterocycles. The number of hydrogen-bond acceptors (Lipinski definition) is 6. The Hall–Kier alpha value is -3.39. The van der Waals surface area contributed by atoms with Crippen molar-refractivity contribution in [3.8, 4) is 11.5 Å². The van der Waals surface area contributed by atoms with Gasteiger partial charge in [0.15, 0.2) is 11.5 Å². The second-order valence-corrected chi connectivity index (χ2v) is 7.83. The summed E-state index contributed by atoms with van der Waals surface area (Å²) in [6, 6.07) is 12.1. The number of methoxy groups -OCH3 is 2. The number of fused-ring (bicyclic) bond motifs is 1. The highest BCUT2D eigenvalue weighted by Crippen LogP contribution is 2.46. The van der Waals surface area contributed by atoms with E-state index in [1.54, 1.807) is 48.5 Å². The summed E-state index contributed by atoms with van der Waals surface area (Å²) in [5.41, 5.74) is 1.02. The first-order chi connectivity index (χ1) is 14.5. The molecule has 3 aromatic rings. The fourth-order valence-electron chi connectivity index (χ4n) is 3.79. The predicted octanol–water partition coefficient (Wildman–Crippen LogP) is 3.71. The molecule has 3 heterocycles. The van der Waals surface area contributed by atoms with Gasteiger partial charge in [-0.1, -0.05) is 12.1 Å². The van der Waals surface area contributed by atoms with Crippen LogP contribution in [0.5, 0.6) is 11.5 Å². The van der Waals surface area contributed by atoms with Crippen LogP contribution in [0.1, 0.15) is 32.8 Å². The molecule has 154 valence electrons. The molecule has 1 aromatic carbocycles. The molecule has 1 aliphatic rings. The first-order valence-corrected chi connectivity index (χ1v) is 10.2. The Morgan fingerprint density at radius 2 is 1.90 bits per heavy atom. The average molecular weight is 423 g/mol. The van der Waals surface area contributed by atoms with Gasteiger partial charge in [0.05, 0.1) is 26.2 Å². The molecule has 1 N–H and O–H groups in total. The lowest BCUT2D eigenvalue weighted by Crippen LogP contribution is -2.43. The topological polar surface area (TPSA) is 80.8 Å². The maximum absolute atomic E-state index is 13.5. The van der Waals surface area contributed by atoms with Gasteiger partial charge in [-0.15, -0.1) is 11.3 Å². The molecule has 2 aromatic heterocycles. The SMILES string of the molecule is COc1cc2c(cc1OC)C(C(=O)Nc1ccccn1)C(c1cccs1)N(C)C2=O. The Bertz CT molecular complexity index is 1070. The van der Waals surface area contributed by atoms with E-state index in [0.29, 0.717) is 28.4 Å². The van der Waals surface area contributed by atoms with Crippen molar-refractivity contribution in [1.29, 1.82) is 0 Å². The van der Waals surface area contributed by atoms with Gasteiger partial charge in [0.25, 0.3) is 5.91 Å². The van der Waals surface area contributed by atoms with Crippen molar-refractivity contribution in [2.45, 2.75) is 12.0 Å². The molecule has 0 aliphatic carbocycles. The molecular weight excluding hydrogens is 402 g/mol. The summed E-state index contributed by atoms with van der Waals surface area (Å²) in [6.07, 6.45) is 1.62. The molecular formula is C22H21N3O4S. The zero-order valence-electron chi connectivity index (χ0n) is 16.8. The molecule has 2 amide bonds. The summed E-state index contributed by atoms with van der Waals surface area (Å²) in [5, 5.41) is 4.83. The minimum absolute atomic E-state index is 0.175. The number of benzene rings is 1. The Labute approximate surface area is 178 Å². The Kier molecular flexibility index (Phi) is 5.41. The van der Waals surface area contributed by atoms with E-state index in [1.807, 2.05) is 17.5 Å². The van der Waals surface area contributed by atoms with E-state index in [4.69, 9.17) is 9.47 Å². The molecule has 4 rings (SSSR count). The van der Waals surface area contributed by atoms with Crippen LogP contribution >= 0.6 is 11.3 Å². The number of carbonyl (C=O) groups is 2. The van der Waals surface area contributed by atoms with Crippen LogP contribution < -0.4 is 14.8 Å². The van der Waals surface area contributed by atoms with Crippen LogP contribution in [0.4, 0.5) is 5.82 Å². The first kappa shape index (κ1) is 19.9. The molecule has 30 heavy (non-hydrogen) atoms. The van der Waals surface area contributed by atoms with E-state index < -0.39 is 12.0 Å². The highest BCUT2D eigenvalue weighted by molar-refractivity contribution is 7.10. The Morgan fingerprint density at radius 3 is 2.53 bits per heavy atom. The summed E-state index contributed by atoms with van der Waals surface area (Å²) in [6.45, 7) is 0. The molecule has 0 saturated carbocycles. The third-order valence-corrected chi connectivity index (χ3v) is 6.15. The molecule has 0 bridgehead atoms. The van der Waals surface area contributed by atoms with Crippen molar-refractivity contribution in [1.82, 2.24) is 9.88 Å². The highest BCUT2D eigenvalue weighted by Gasteiger charge is 2.44. The van der Waals surface area contributed by atoms with Crippen LogP contribution in [0.15, 0.2) is 54.0 Å². The van der Waals surface area contributed by atoms with Crippen LogP contribution in [0.3, 0.4) is 0 Å². The van der Waals surface area contributed by atoms with Crippen molar-refractivity contribution in [3.05, 3.63) is 70.0 Å². The van der Waals surface area contributed by atoms with E-state index in [1.165, 1.54) is 25.6 Å². The number of hydrogen-bond donors (Lipinski definition) is 1. The maximum atomic E-state index is 13.5. The van der Waals surface area contributed by atoms with Gasteiger partial charge in [-0.25, -0.2) is 4.98 Å². The Morgan fingerprint density at radius 1 is 1.13 bits per heavy atom. The molecule has 7 nitrogen and oxygen atoms in total. The van der Waals surface area contributed by atoms with Gasteiger partial charge in [-0.2, -0.15) is 0 Å². The number of carbonyl (C=O) groups excluding carboxylic acids is 2. The van der Waals surface area contributed by atoms with E-state index >= 15 is 0 Å². The van der Waals surface area contributed by atoms with Gasteiger partial charge < -0.3 is 19.7 Å². The number of pyridine rings is 1. The molecule has 0 fully saturated rings. The number of nitrogens with zero attached hydrogens (tertiary/aromatic N) is 2. The summed E-state index contributed by atoms with van der Waals surface area (Å²) in [4.78, 5) is 33.4. The van der Waals surface area contributed by atoms with E-state index in [2.05, 4.69) is 10.3 Å². The zero-order valence-corrected chi connectivity index (χ0v) is 17.6. The average Bonchev–Trinajstić information content (AvgIpc) is 3.30. The number of amides is 2. The maximum Gasteiger partial charge on any atom is 0.254 e. The lowest BCUT2D eigenvalue weighted by Gasteiger charge is -2.39. The first-order valence-electron chi connectivity index (χ1n) is 9.33.